The Kier molecular flexibility index (Phi) is 7.79. The second-order valence-corrected chi connectivity index (χ2v) is 10.0. The van der Waals surface area contributed by atoms with E-state index in [9.17, 15) is 22.8 Å². The lowest BCUT2D eigenvalue weighted by atomic mass is 10.0. The highest BCUT2D eigenvalue weighted by molar-refractivity contribution is 5.90. The third kappa shape index (κ3) is 6.65. The largest absolute Gasteiger partial charge is 0.465 e. The van der Waals surface area contributed by atoms with Gasteiger partial charge in [-0.25, -0.2) is 24.2 Å². The van der Waals surface area contributed by atoms with E-state index in [4.69, 9.17) is 4.74 Å². The van der Waals surface area contributed by atoms with Gasteiger partial charge >= 0.3 is 18.2 Å². The van der Waals surface area contributed by atoms with Crippen LogP contribution < -0.4 is 5.32 Å². The molecule has 0 saturated carbocycles. The first kappa shape index (κ1) is 27.9. The van der Waals surface area contributed by atoms with Crippen LogP contribution in [-0.2, 0) is 15.7 Å². The fraction of sp³-hybridized carbons (Fsp3) is 0.423. The van der Waals surface area contributed by atoms with E-state index in [0.29, 0.717) is 24.8 Å². The van der Waals surface area contributed by atoms with Crippen molar-refractivity contribution >= 4 is 23.7 Å². The summed E-state index contributed by atoms with van der Waals surface area (Å²) in [6, 6.07) is 5.45. The molecule has 39 heavy (non-hydrogen) atoms. The second kappa shape index (κ2) is 10.9. The van der Waals surface area contributed by atoms with Gasteiger partial charge in [0.05, 0.1) is 36.4 Å². The number of aromatic nitrogens is 4. The van der Waals surface area contributed by atoms with Crippen LogP contribution in [0.4, 0.5) is 29.6 Å². The standard InChI is InChI=1S/C26H29F3N6O4/c1-25(2,3)39-24(37)34-12-6-5-7-20(34)35-15-18(13-31-35)32-23-30-14-19(26(27,28)29)21(33-23)16-8-10-17(11-9-16)22(36)38-4/h8-11,13-15,20H,5-7,12H2,1-4H3,(H,30,32,33). The van der Waals surface area contributed by atoms with Crippen LogP contribution in [0.5, 0.6) is 0 Å². The van der Waals surface area contributed by atoms with Gasteiger partial charge in [-0.2, -0.15) is 18.3 Å². The van der Waals surface area contributed by atoms with Gasteiger partial charge in [-0.05, 0) is 52.2 Å². The normalized spacial score (nSPS) is 16.1. The van der Waals surface area contributed by atoms with Gasteiger partial charge in [0.1, 0.15) is 17.3 Å². The van der Waals surface area contributed by atoms with Gasteiger partial charge in [-0.3, -0.25) is 4.90 Å². The number of rotatable bonds is 5. The van der Waals surface area contributed by atoms with Crippen LogP contribution in [0.3, 0.4) is 0 Å². The van der Waals surface area contributed by atoms with E-state index >= 15 is 0 Å². The first-order valence-electron chi connectivity index (χ1n) is 12.3. The van der Waals surface area contributed by atoms with Gasteiger partial charge in [0, 0.05) is 18.3 Å². The third-order valence-corrected chi connectivity index (χ3v) is 5.94. The van der Waals surface area contributed by atoms with Gasteiger partial charge in [0.2, 0.25) is 5.95 Å². The minimum absolute atomic E-state index is 0.0813. The summed E-state index contributed by atoms with van der Waals surface area (Å²) in [6.45, 7) is 5.91. The number of amides is 1. The van der Waals surface area contributed by atoms with Gasteiger partial charge in [-0.1, -0.05) is 12.1 Å². The number of carbonyl (C=O) groups is 2. The van der Waals surface area contributed by atoms with Gasteiger partial charge in [0.25, 0.3) is 0 Å². The van der Waals surface area contributed by atoms with Crippen LogP contribution >= 0.6 is 0 Å². The average Bonchev–Trinajstić information content (AvgIpc) is 3.35. The number of hydrogen-bond acceptors (Lipinski definition) is 8. The Morgan fingerprint density at radius 1 is 1.08 bits per heavy atom. The first-order chi connectivity index (χ1) is 18.4. The van der Waals surface area contributed by atoms with E-state index < -0.39 is 29.4 Å². The Balaban J connectivity index is 1.59. The molecule has 1 fully saturated rings. The lowest BCUT2D eigenvalue weighted by Crippen LogP contribution is -2.44. The zero-order valence-corrected chi connectivity index (χ0v) is 22.0. The number of piperidine rings is 1. The summed E-state index contributed by atoms with van der Waals surface area (Å²) in [5, 5.41) is 7.25. The van der Waals surface area contributed by atoms with Gasteiger partial charge in [-0.15, -0.1) is 0 Å². The number of esters is 1. The number of likely N-dealkylation sites (tertiary alicyclic amines) is 1. The molecule has 208 valence electrons. The fourth-order valence-electron chi connectivity index (χ4n) is 4.17. The molecule has 0 spiro atoms. The highest BCUT2D eigenvalue weighted by Crippen LogP contribution is 2.36. The van der Waals surface area contributed by atoms with Crippen molar-refractivity contribution in [3.63, 3.8) is 0 Å². The second-order valence-electron chi connectivity index (χ2n) is 10.0. The Morgan fingerprint density at radius 3 is 2.44 bits per heavy atom. The average molecular weight is 547 g/mol. The molecule has 1 saturated heterocycles. The van der Waals surface area contributed by atoms with Crippen molar-refractivity contribution in [2.75, 3.05) is 19.0 Å². The molecule has 1 aliphatic rings. The highest BCUT2D eigenvalue weighted by Gasteiger charge is 2.36. The maximum absolute atomic E-state index is 13.7. The molecule has 1 atom stereocenters. The molecule has 2 aromatic heterocycles. The minimum atomic E-state index is -4.70. The number of benzene rings is 1. The minimum Gasteiger partial charge on any atom is -0.465 e. The molecule has 1 aliphatic heterocycles. The summed E-state index contributed by atoms with van der Waals surface area (Å²) >= 11 is 0. The van der Waals surface area contributed by atoms with Crippen molar-refractivity contribution in [2.45, 2.75) is 58.0 Å². The molecule has 0 bridgehead atoms. The number of halogens is 3. The number of methoxy groups -OCH3 is 1. The Morgan fingerprint density at radius 2 is 1.79 bits per heavy atom. The molecule has 0 radical (unpaired) electrons. The molecule has 4 rings (SSSR count). The maximum atomic E-state index is 13.7. The van der Waals surface area contributed by atoms with E-state index in [0.717, 1.165) is 12.8 Å². The van der Waals surface area contributed by atoms with Crippen LogP contribution in [0.25, 0.3) is 11.3 Å². The molecular weight excluding hydrogens is 517 g/mol. The van der Waals surface area contributed by atoms with E-state index in [1.54, 1.807) is 36.5 Å². The number of ether oxygens (including phenoxy) is 2. The maximum Gasteiger partial charge on any atom is 0.419 e. The van der Waals surface area contributed by atoms with Crippen molar-refractivity contribution in [1.82, 2.24) is 24.6 Å². The van der Waals surface area contributed by atoms with Crippen molar-refractivity contribution in [1.29, 1.82) is 0 Å². The molecule has 0 aliphatic carbocycles. The number of nitrogens with zero attached hydrogens (tertiary/aromatic N) is 5. The number of hydrogen-bond donors (Lipinski definition) is 1. The van der Waals surface area contributed by atoms with Crippen LogP contribution in [0, 0.1) is 0 Å². The lowest BCUT2D eigenvalue weighted by molar-refractivity contribution is -0.137. The monoisotopic (exact) mass is 546 g/mol. The lowest BCUT2D eigenvalue weighted by Gasteiger charge is -2.36. The summed E-state index contributed by atoms with van der Waals surface area (Å²) in [5.41, 5.74) is -1.26. The van der Waals surface area contributed by atoms with Crippen LogP contribution in [0.2, 0.25) is 0 Å². The van der Waals surface area contributed by atoms with Crippen molar-refractivity contribution in [3.05, 3.63) is 54.0 Å². The Hall–Kier alpha value is -4.16. The number of carbonyl (C=O) groups excluding carboxylic acids is 2. The van der Waals surface area contributed by atoms with E-state index in [1.807, 2.05) is 0 Å². The highest BCUT2D eigenvalue weighted by atomic mass is 19.4. The smallest absolute Gasteiger partial charge is 0.419 e. The Labute approximate surface area is 223 Å². The predicted molar refractivity (Wildman–Crippen MR) is 135 cm³/mol. The van der Waals surface area contributed by atoms with E-state index in [-0.39, 0.29) is 28.9 Å². The third-order valence-electron chi connectivity index (χ3n) is 5.94. The van der Waals surface area contributed by atoms with Crippen molar-refractivity contribution < 1.29 is 32.2 Å². The summed E-state index contributed by atoms with van der Waals surface area (Å²) in [7, 11) is 1.21. The molecule has 3 aromatic rings. The molecule has 1 amide bonds. The molecule has 3 heterocycles. The zero-order chi connectivity index (χ0) is 28.4. The molecular formula is C26H29F3N6O4. The molecule has 1 N–H and O–H groups in total. The molecule has 1 unspecified atom stereocenters. The Bertz CT molecular complexity index is 1330. The number of nitrogens with one attached hydrogen (secondary N) is 1. The zero-order valence-electron chi connectivity index (χ0n) is 22.0. The molecule has 10 nitrogen and oxygen atoms in total. The van der Waals surface area contributed by atoms with Crippen molar-refractivity contribution in [2.24, 2.45) is 0 Å². The predicted octanol–water partition coefficient (Wildman–Crippen LogP) is 5.81. The first-order valence-corrected chi connectivity index (χ1v) is 12.3. The van der Waals surface area contributed by atoms with Crippen LogP contribution in [-0.4, -0.2) is 56.0 Å². The summed E-state index contributed by atoms with van der Waals surface area (Å²) in [6.07, 6.45) is 0.710. The summed E-state index contributed by atoms with van der Waals surface area (Å²) < 4.78 is 53.0. The number of alkyl halides is 3. The molecule has 1 aromatic carbocycles. The SMILES string of the molecule is COC(=O)c1ccc(-c2nc(Nc3cnn(C4CCCCN4C(=O)OC(C)(C)C)c3)ncc2C(F)(F)F)cc1. The quantitative estimate of drug-likeness (QED) is 0.399. The van der Waals surface area contributed by atoms with Crippen LogP contribution in [0.1, 0.15) is 62.1 Å². The van der Waals surface area contributed by atoms with Gasteiger partial charge in [0.15, 0.2) is 0 Å². The summed E-state index contributed by atoms with van der Waals surface area (Å²) in [5.74, 6) is -0.690. The van der Waals surface area contributed by atoms with Crippen molar-refractivity contribution in [3.8, 4) is 11.3 Å². The molecule has 13 heteroatoms. The number of anilines is 2. The van der Waals surface area contributed by atoms with E-state index in [2.05, 4.69) is 25.1 Å². The van der Waals surface area contributed by atoms with Crippen LogP contribution in [0.15, 0.2) is 42.9 Å². The topological polar surface area (TPSA) is 111 Å². The summed E-state index contributed by atoms with van der Waals surface area (Å²) in [4.78, 5) is 34.1. The fourth-order valence-corrected chi connectivity index (χ4v) is 4.17. The van der Waals surface area contributed by atoms with E-state index in [1.165, 1.54) is 37.6 Å². The van der Waals surface area contributed by atoms with Gasteiger partial charge < -0.3 is 14.8 Å².